The van der Waals surface area contributed by atoms with E-state index in [1.165, 1.54) is 0 Å². The summed E-state index contributed by atoms with van der Waals surface area (Å²) in [7, 11) is -5.01. The normalized spacial score (nSPS) is 45.7. The van der Waals surface area contributed by atoms with Crippen molar-refractivity contribution in [1.82, 2.24) is 0 Å². The lowest BCUT2D eigenvalue weighted by atomic mass is 9.85. The van der Waals surface area contributed by atoms with Crippen LogP contribution in [0.2, 0.25) is 0 Å². The molecular weight excluding hydrogens is 247 g/mol. The van der Waals surface area contributed by atoms with Crippen LogP contribution < -0.4 is 0 Å². The van der Waals surface area contributed by atoms with Gasteiger partial charge in [0.15, 0.2) is 0 Å². The number of rotatable bonds is 2. The third-order valence-corrected chi connectivity index (χ3v) is 2.85. The molecule has 1 aliphatic carbocycles. The van der Waals surface area contributed by atoms with Crippen molar-refractivity contribution in [3.63, 3.8) is 0 Å². The van der Waals surface area contributed by atoms with Gasteiger partial charge in [0.1, 0.15) is 36.6 Å². The minimum atomic E-state index is -5.01. The van der Waals surface area contributed by atoms with Crippen molar-refractivity contribution < 1.29 is 44.4 Å². The summed E-state index contributed by atoms with van der Waals surface area (Å²) in [4.78, 5) is 17.0. The van der Waals surface area contributed by atoms with Crippen molar-refractivity contribution in [1.29, 1.82) is 0 Å². The van der Waals surface area contributed by atoms with Gasteiger partial charge >= 0.3 is 7.82 Å². The predicted molar refractivity (Wildman–Crippen MR) is 47.0 cm³/mol. The lowest BCUT2D eigenvalue weighted by Gasteiger charge is -2.41. The highest BCUT2D eigenvalue weighted by Gasteiger charge is 2.50. The van der Waals surface area contributed by atoms with Crippen LogP contribution in [0.5, 0.6) is 0 Å². The summed E-state index contributed by atoms with van der Waals surface area (Å²) < 4.78 is 14.5. The highest BCUT2D eigenvalue weighted by Crippen LogP contribution is 2.41. The molecule has 16 heavy (non-hydrogen) atoms. The third kappa shape index (κ3) is 2.77. The molecule has 7 N–H and O–H groups in total. The van der Waals surface area contributed by atoms with Crippen molar-refractivity contribution in [2.75, 3.05) is 0 Å². The quantitative estimate of drug-likeness (QED) is 0.247. The van der Waals surface area contributed by atoms with Crippen LogP contribution in [0, 0.1) is 0 Å². The number of hydrogen-bond donors (Lipinski definition) is 7. The molecule has 0 bridgehead atoms. The molecule has 6 atom stereocenters. The molecule has 0 spiro atoms. The molecule has 1 saturated carbocycles. The Morgan fingerprint density at radius 1 is 0.750 bits per heavy atom. The number of aliphatic hydroxyl groups excluding tert-OH is 5. The highest BCUT2D eigenvalue weighted by molar-refractivity contribution is 7.46. The SMILES string of the molecule is O=P(O)(O)OC1[C@@H](O)[C@@H](O)C(O)[C@@H](O)[C@H]1O. The Labute approximate surface area is 89.8 Å². The number of aliphatic hydroxyl groups is 5. The minimum absolute atomic E-state index is 1.83. The van der Waals surface area contributed by atoms with Crippen molar-refractivity contribution in [3.8, 4) is 0 Å². The second kappa shape index (κ2) is 4.65. The molecule has 0 amide bonds. The fourth-order valence-corrected chi connectivity index (χ4v) is 2.05. The summed E-state index contributed by atoms with van der Waals surface area (Å²) in [5.74, 6) is 0. The molecule has 0 heterocycles. The van der Waals surface area contributed by atoms with E-state index in [0.29, 0.717) is 0 Å². The van der Waals surface area contributed by atoms with Gasteiger partial charge in [-0.25, -0.2) is 4.57 Å². The Hall–Kier alpha value is -0.0900. The van der Waals surface area contributed by atoms with E-state index < -0.39 is 44.4 Å². The smallest absolute Gasteiger partial charge is 0.387 e. The van der Waals surface area contributed by atoms with Gasteiger partial charge in [-0.1, -0.05) is 0 Å². The molecule has 1 aliphatic rings. The van der Waals surface area contributed by atoms with Crippen LogP contribution in [0.15, 0.2) is 0 Å². The van der Waals surface area contributed by atoms with Crippen molar-refractivity contribution in [2.45, 2.75) is 36.6 Å². The first-order valence-corrected chi connectivity index (χ1v) is 5.82. The van der Waals surface area contributed by atoms with Gasteiger partial charge in [-0.15, -0.1) is 0 Å². The molecule has 0 aliphatic heterocycles. The molecule has 0 aromatic carbocycles. The second-order valence-corrected chi connectivity index (χ2v) is 4.71. The Morgan fingerprint density at radius 2 is 1.06 bits per heavy atom. The zero-order valence-electron chi connectivity index (χ0n) is 7.86. The van der Waals surface area contributed by atoms with Gasteiger partial charge in [-0.2, -0.15) is 0 Å². The van der Waals surface area contributed by atoms with Gasteiger partial charge in [-0.05, 0) is 0 Å². The zero-order chi connectivity index (χ0) is 12.7. The highest BCUT2D eigenvalue weighted by atomic mass is 31.2. The van der Waals surface area contributed by atoms with Gasteiger partial charge < -0.3 is 35.3 Å². The Kier molecular flexibility index (Phi) is 4.06. The molecule has 96 valence electrons. The number of phosphoric ester groups is 1. The molecular formula is C6H13O9P. The van der Waals surface area contributed by atoms with Crippen molar-refractivity contribution in [3.05, 3.63) is 0 Å². The standard InChI is InChI=1S/C6H13O9P/c7-1-2(8)4(10)6(5(11)3(1)9)15-16(12,13)14/h1-11H,(H2,12,13,14)/t1?,2-,3+,4-,5+,6?. The summed E-state index contributed by atoms with van der Waals surface area (Å²) in [6, 6.07) is 0. The average Bonchev–Trinajstić information content (AvgIpc) is 2.17. The van der Waals surface area contributed by atoms with E-state index in [-0.39, 0.29) is 0 Å². The van der Waals surface area contributed by atoms with Gasteiger partial charge in [0.2, 0.25) is 0 Å². The Bertz CT molecular complexity index is 274. The summed E-state index contributed by atoms with van der Waals surface area (Å²) in [5, 5.41) is 46.1. The first kappa shape index (κ1) is 14.0. The van der Waals surface area contributed by atoms with Crippen LogP contribution in [0.1, 0.15) is 0 Å². The van der Waals surface area contributed by atoms with E-state index in [1.54, 1.807) is 0 Å². The largest absolute Gasteiger partial charge is 0.470 e. The van der Waals surface area contributed by atoms with Crippen molar-refractivity contribution >= 4 is 7.82 Å². The monoisotopic (exact) mass is 260 g/mol. The first-order chi connectivity index (χ1) is 7.15. The van der Waals surface area contributed by atoms with E-state index in [4.69, 9.17) is 14.9 Å². The molecule has 0 aromatic heterocycles. The zero-order valence-corrected chi connectivity index (χ0v) is 8.75. The molecule has 0 saturated heterocycles. The first-order valence-electron chi connectivity index (χ1n) is 4.29. The molecule has 10 heteroatoms. The predicted octanol–water partition coefficient (Wildman–Crippen LogP) is -3.72. The van der Waals surface area contributed by atoms with Crippen LogP contribution in [-0.2, 0) is 9.09 Å². The van der Waals surface area contributed by atoms with Crippen LogP contribution in [0.3, 0.4) is 0 Å². The summed E-state index contributed by atoms with van der Waals surface area (Å²) in [6.45, 7) is 0. The molecule has 1 fully saturated rings. The van der Waals surface area contributed by atoms with Crippen molar-refractivity contribution in [2.24, 2.45) is 0 Å². The molecule has 1 rings (SSSR count). The summed E-state index contributed by atoms with van der Waals surface area (Å²) in [6.07, 6.45) is -11.3. The van der Waals surface area contributed by atoms with E-state index in [1.807, 2.05) is 0 Å². The number of hydrogen-bond acceptors (Lipinski definition) is 7. The van der Waals surface area contributed by atoms with E-state index in [2.05, 4.69) is 4.52 Å². The van der Waals surface area contributed by atoms with Gasteiger partial charge in [0.05, 0.1) is 0 Å². The molecule has 0 radical (unpaired) electrons. The van der Waals surface area contributed by atoms with Gasteiger partial charge in [0, 0.05) is 0 Å². The average molecular weight is 260 g/mol. The maximum atomic E-state index is 10.5. The lowest BCUT2D eigenvalue weighted by molar-refractivity contribution is -0.219. The van der Waals surface area contributed by atoms with Crippen LogP contribution >= 0.6 is 7.82 Å². The maximum absolute atomic E-state index is 10.5. The van der Waals surface area contributed by atoms with Crippen LogP contribution in [0.25, 0.3) is 0 Å². The van der Waals surface area contributed by atoms with Gasteiger partial charge in [0.25, 0.3) is 0 Å². The van der Waals surface area contributed by atoms with Crippen LogP contribution in [-0.4, -0.2) is 71.9 Å². The molecule has 9 nitrogen and oxygen atoms in total. The Balaban J connectivity index is 2.87. The lowest BCUT2D eigenvalue weighted by Crippen LogP contribution is -2.64. The van der Waals surface area contributed by atoms with E-state index in [0.717, 1.165) is 0 Å². The summed E-state index contributed by atoms with van der Waals surface area (Å²) >= 11 is 0. The fraction of sp³-hybridized carbons (Fsp3) is 1.00. The fourth-order valence-electron chi connectivity index (χ4n) is 1.48. The molecule has 0 aromatic rings. The van der Waals surface area contributed by atoms with Crippen LogP contribution in [0.4, 0.5) is 0 Å². The summed E-state index contributed by atoms with van der Waals surface area (Å²) in [5.41, 5.74) is 0. The van der Waals surface area contributed by atoms with E-state index in [9.17, 15) is 25.0 Å². The Morgan fingerprint density at radius 3 is 1.38 bits per heavy atom. The second-order valence-electron chi connectivity index (χ2n) is 3.51. The maximum Gasteiger partial charge on any atom is 0.470 e. The number of phosphoric acid groups is 1. The topological polar surface area (TPSA) is 168 Å². The van der Waals surface area contributed by atoms with Gasteiger partial charge in [-0.3, -0.25) is 4.52 Å². The third-order valence-electron chi connectivity index (χ3n) is 2.33. The minimum Gasteiger partial charge on any atom is -0.387 e. The van der Waals surface area contributed by atoms with E-state index >= 15 is 0 Å². The molecule has 2 unspecified atom stereocenters.